The Morgan fingerprint density at radius 3 is 2.84 bits per heavy atom. The summed E-state index contributed by atoms with van der Waals surface area (Å²) in [6.45, 7) is 2.57. The molecule has 0 bridgehead atoms. The Morgan fingerprint density at radius 2 is 2.32 bits per heavy atom. The molecule has 1 heterocycles. The van der Waals surface area contributed by atoms with Crippen molar-refractivity contribution >= 4 is 17.3 Å². The third-order valence-corrected chi connectivity index (χ3v) is 2.36. The number of nitrogens with one attached hydrogen (secondary N) is 2. The maximum Gasteiger partial charge on any atom is 0.311 e. The van der Waals surface area contributed by atoms with E-state index in [1.54, 1.807) is 0 Å². The van der Waals surface area contributed by atoms with Crippen molar-refractivity contribution in [3.63, 3.8) is 0 Å². The number of hydrogen-bond donors (Lipinski definition) is 3. The summed E-state index contributed by atoms with van der Waals surface area (Å²) in [5.41, 5.74) is -0.142. The monoisotopic (exact) mass is 270 g/mol. The minimum atomic E-state index is -0.522. The zero-order valence-electron chi connectivity index (χ0n) is 10.9. The van der Waals surface area contributed by atoms with Crippen molar-refractivity contribution in [1.29, 1.82) is 0 Å². The van der Waals surface area contributed by atoms with Crippen LogP contribution in [-0.4, -0.2) is 47.9 Å². The van der Waals surface area contributed by atoms with E-state index in [2.05, 4.69) is 15.6 Å². The molecule has 0 fully saturated rings. The Morgan fingerprint density at radius 1 is 1.58 bits per heavy atom. The van der Waals surface area contributed by atoms with Gasteiger partial charge >= 0.3 is 5.69 Å². The van der Waals surface area contributed by atoms with Crippen LogP contribution in [-0.2, 0) is 4.74 Å². The number of rotatable bonds is 8. The number of hydrogen-bond acceptors (Lipinski definition) is 7. The highest BCUT2D eigenvalue weighted by atomic mass is 16.6. The van der Waals surface area contributed by atoms with Crippen molar-refractivity contribution in [2.45, 2.75) is 13.0 Å². The number of pyridine rings is 1. The molecule has 0 aromatic carbocycles. The van der Waals surface area contributed by atoms with E-state index in [9.17, 15) is 10.1 Å². The smallest absolute Gasteiger partial charge is 0.311 e. The van der Waals surface area contributed by atoms with Gasteiger partial charge in [0.1, 0.15) is 5.82 Å². The Balaban J connectivity index is 2.99. The first-order valence-electron chi connectivity index (χ1n) is 5.88. The number of methoxy groups -OCH3 is 1. The van der Waals surface area contributed by atoms with Gasteiger partial charge in [0, 0.05) is 19.7 Å². The van der Waals surface area contributed by atoms with E-state index >= 15 is 0 Å². The standard InChI is InChI=1S/C11H18N4O4/c1-3-12-10-5-4-9(15(17)18)11(14-10)13-8(6-16)7-19-2/h4-5,8,16H,3,6-7H2,1-2H3,(H2,12,13,14). The van der Waals surface area contributed by atoms with Crippen LogP contribution in [0.1, 0.15) is 6.92 Å². The third kappa shape index (κ3) is 4.34. The van der Waals surface area contributed by atoms with Crippen LogP contribution in [0.5, 0.6) is 0 Å². The quantitative estimate of drug-likeness (QED) is 0.474. The Bertz CT molecular complexity index is 427. The average Bonchev–Trinajstić information content (AvgIpc) is 2.38. The zero-order valence-corrected chi connectivity index (χ0v) is 10.9. The third-order valence-electron chi connectivity index (χ3n) is 2.36. The number of aliphatic hydroxyl groups excluding tert-OH is 1. The summed E-state index contributed by atoms with van der Waals surface area (Å²) in [6, 6.07) is 2.46. The predicted molar refractivity (Wildman–Crippen MR) is 71.4 cm³/mol. The second kappa shape index (κ2) is 7.49. The summed E-state index contributed by atoms with van der Waals surface area (Å²) in [7, 11) is 1.49. The van der Waals surface area contributed by atoms with Crippen LogP contribution in [0.25, 0.3) is 0 Å². The number of aliphatic hydroxyl groups is 1. The molecule has 0 aliphatic carbocycles. The van der Waals surface area contributed by atoms with E-state index < -0.39 is 11.0 Å². The van der Waals surface area contributed by atoms with Crippen LogP contribution in [0, 0.1) is 10.1 Å². The van der Waals surface area contributed by atoms with Gasteiger partial charge in [-0.25, -0.2) is 4.98 Å². The summed E-state index contributed by atoms with van der Waals surface area (Å²) in [5, 5.41) is 25.9. The summed E-state index contributed by atoms with van der Waals surface area (Å²) >= 11 is 0. The molecule has 1 atom stereocenters. The topological polar surface area (TPSA) is 110 Å². The minimum absolute atomic E-state index is 0.111. The number of aromatic nitrogens is 1. The molecule has 8 heteroatoms. The Kier molecular flexibility index (Phi) is 5.97. The molecule has 19 heavy (non-hydrogen) atoms. The number of nitro groups is 1. The second-order valence-corrected chi connectivity index (χ2v) is 3.83. The first kappa shape index (κ1) is 15.1. The van der Waals surface area contributed by atoms with E-state index in [0.29, 0.717) is 12.4 Å². The van der Waals surface area contributed by atoms with Crippen LogP contribution in [0.4, 0.5) is 17.3 Å². The van der Waals surface area contributed by atoms with Crippen molar-refractivity contribution in [1.82, 2.24) is 4.98 Å². The number of nitrogens with zero attached hydrogens (tertiary/aromatic N) is 2. The van der Waals surface area contributed by atoms with Gasteiger partial charge in [0.15, 0.2) is 0 Å². The van der Waals surface area contributed by atoms with Crippen LogP contribution in [0.3, 0.4) is 0 Å². The van der Waals surface area contributed by atoms with Gasteiger partial charge in [-0.1, -0.05) is 0 Å². The van der Waals surface area contributed by atoms with Crippen LogP contribution in [0.15, 0.2) is 12.1 Å². The molecular weight excluding hydrogens is 252 g/mol. The molecule has 1 aromatic heterocycles. The molecule has 106 valence electrons. The van der Waals surface area contributed by atoms with Gasteiger partial charge in [-0.05, 0) is 13.0 Å². The molecule has 1 rings (SSSR count). The fourth-order valence-electron chi connectivity index (χ4n) is 1.52. The van der Waals surface area contributed by atoms with Gasteiger partial charge in [0.25, 0.3) is 0 Å². The minimum Gasteiger partial charge on any atom is -0.394 e. The van der Waals surface area contributed by atoms with Crippen molar-refractivity contribution < 1.29 is 14.8 Å². The second-order valence-electron chi connectivity index (χ2n) is 3.83. The van der Waals surface area contributed by atoms with Gasteiger partial charge in [-0.3, -0.25) is 10.1 Å². The zero-order chi connectivity index (χ0) is 14.3. The fourth-order valence-corrected chi connectivity index (χ4v) is 1.52. The predicted octanol–water partition coefficient (Wildman–Crippen LogP) is 0.841. The lowest BCUT2D eigenvalue weighted by Gasteiger charge is -2.16. The lowest BCUT2D eigenvalue weighted by Crippen LogP contribution is -2.29. The van der Waals surface area contributed by atoms with Crippen molar-refractivity contribution in [3.05, 3.63) is 22.2 Å². The fraction of sp³-hybridized carbons (Fsp3) is 0.545. The highest BCUT2D eigenvalue weighted by Gasteiger charge is 2.19. The van der Waals surface area contributed by atoms with Crippen LogP contribution >= 0.6 is 0 Å². The summed E-state index contributed by atoms with van der Waals surface area (Å²) in [4.78, 5) is 14.5. The number of anilines is 2. The normalized spacial score (nSPS) is 11.9. The highest BCUT2D eigenvalue weighted by molar-refractivity contribution is 5.60. The van der Waals surface area contributed by atoms with Crippen LogP contribution < -0.4 is 10.6 Å². The van der Waals surface area contributed by atoms with Gasteiger partial charge < -0.3 is 20.5 Å². The van der Waals surface area contributed by atoms with E-state index in [-0.39, 0.29) is 24.7 Å². The summed E-state index contributed by atoms with van der Waals surface area (Å²) in [5.74, 6) is 0.643. The molecule has 0 radical (unpaired) electrons. The molecule has 0 amide bonds. The van der Waals surface area contributed by atoms with Crippen molar-refractivity contribution in [2.24, 2.45) is 0 Å². The van der Waals surface area contributed by atoms with Crippen molar-refractivity contribution in [2.75, 3.05) is 37.5 Å². The maximum absolute atomic E-state index is 10.9. The molecule has 0 saturated heterocycles. The summed E-state index contributed by atoms with van der Waals surface area (Å²) in [6.07, 6.45) is 0. The molecule has 0 spiro atoms. The Labute approximate surface area is 111 Å². The van der Waals surface area contributed by atoms with Gasteiger partial charge in [-0.15, -0.1) is 0 Å². The van der Waals surface area contributed by atoms with Gasteiger partial charge in [0.2, 0.25) is 5.82 Å². The molecule has 0 aliphatic rings. The van der Waals surface area contributed by atoms with Gasteiger partial charge in [-0.2, -0.15) is 0 Å². The first-order chi connectivity index (χ1) is 9.12. The van der Waals surface area contributed by atoms with E-state index in [1.165, 1.54) is 19.2 Å². The summed E-state index contributed by atoms with van der Waals surface area (Å²) < 4.78 is 4.91. The SMILES string of the molecule is CCNc1ccc([N+](=O)[O-])c(NC(CO)COC)n1. The molecule has 0 saturated carbocycles. The van der Waals surface area contributed by atoms with E-state index in [1.807, 2.05) is 6.92 Å². The molecule has 3 N–H and O–H groups in total. The molecule has 1 unspecified atom stereocenters. The average molecular weight is 270 g/mol. The molecule has 0 aliphatic heterocycles. The lowest BCUT2D eigenvalue weighted by molar-refractivity contribution is -0.384. The van der Waals surface area contributed by atoms with E-state index in [0.717, 1.165) is 0 Å². The Hall–Kier alpha value is -1.93. The molecular formula is C11H18N4O4. The number of ether oxygens (including phenoxy) is 1. The lowest BCUT2D eigenvalue weighted by atomic mass is 10.3. The largest absolute Gasteiger partial charge is 0.394 e. The molecule has 1 aromatic rings. The first-order valence-corrected chi connectivity index (χ1v) is 5.88. The van der Waals surface area contributed by atoms with Crippen molar-refractivity contribution in [3.8, 4) is 0 Å². The highest BCUT2D eigenvalue weighted by Crippen LogP contribution is 2.24. The molecule has 8 nitrogen and oxygen atoms in total. The van der Waals surface area contributed by atoms with Crippen LogP contribution in [0.2, 0.25) is 0 Å². The van der Waals surface area contributed by atoms with E-state index in [4.69, 9.17) is 9.84 Å². The maximum atomic E-state index is 10.9. The van der Waals surface area contributed by atoms with Gasteiger partial charge in [0.05, 0.1) is 24.2 Å².